The van der Waals surface area contributed by atoms with Crippen molar-refractivity contribution in [3.05, 3.63) is 35.9 Å². The smallest absolute Gasteiger partial charge is 0.192 e. The summed E-state index contributed by atoms with van der Waals surface area (Å²) in [6.45, 7) is 10.0. The maximum Gasteiger partial charge on any atom is 0.192 e. The van der Waals surface area contributed by atoms with Crippen LogP contribution in [0.5, 0.6) is 0 Å². The topological polar surface area (TPSA) is 18.5 Å². The lowest BCUT2D eigenvalue weighted by Crippen LogP contribution is -2.34. The van der Waals surface area contributed by atoms with E-state index in [0.29, 0.717) is 0 Å². The van der Waals surface area contributed by atoms with E-state index in [9.17, 15) is 0 Å². The molecule has 1 rings (SSSR count). The molecule has 0 aromatic heterocycles. The van der Waals surface area contributed by atoms with Crippen LogP contribution in [0.15, 0.2) is 30.3 Å². The molecule has 0 aliphatic carbocycles. The fourth-order valence-electron chi connectivity index (χ4n) is 1.80. The predicted octanol–water partition coefficient (Wildman–Crippen LogP) is 3.71. The molecule has 0 aliphatic heterocycles. The Morgan fingerprint density at radius 2 is 1.31 bits per heavy atom. The summed E-state index contributed by atoms with van der Waals surface area (Å²) in [5, 5.41) is 0. The van der Waals surface area contributed by atoms with Crippen molar-refractivity contribution in [2.75, 3.05) is 0 Å². The molecule has 0 heterocycles. The van der Waals surface area contributed by atoms with E-state index in [1.807, 2.05) is 65.0 Å². The van der Waals surface area contributed by atoms with Crippen LogP contribution in [0.1, 0.15) is 40.2 Å². The molecule has 1 aromatic carbocycles. The van der Waals surface area contributed by atoms with Crippen molar-refractivity contribution in [2.45, 2.75) is 52.6 Å². The monoisotopic (exact) mass is 222 g/mol. The Hall–Kier alpha value is -0.860. The molecule has 0 aliphatic rings. The minimum atomic E-state index is -0.663. The van der Waals surface area contributed by atoms with Crippen molar-refractivity contribution >= 4 is 0 Å². The third kappa shape index (κ3) is 3.62. The molecule has 2 nitrogen and oxygen atoms in total. The molecule has 0 bridgehead atoms. The van der Waals surface area contributed by atoms with Gasteiger partial charge in [0.2, 0.25) is 0 Å². The minimum absolute atomic E-state index is 0.129. The predicted molar refractivity (Wildman–Crippen MR) is 66.2 cm³/mol. The van der Waals surface area contributed by atoms with E-state index < -0.39 is 5.79 Å². The Bertz CT molecular complexity index is 294. The highest BCUT2D eigenvalue weighted by atomic mass is 16.7. The van der Waals surface area contributed by atoms with Crippen LogP contribution in [0.25, 0.3) is 0 Å². The summed E-state index contributed by atoms with van der Waals surface area (Å²) in [5.41, 5.74) is 1.05. The minimum Gasteiger partial charge on any atom is -0.343 e. The second kappa shape index (κ2) is 5.46. The van der Waals surface area contributed by atoms with Crippen molar-refractivity contribution in [1.82, 2.24) is 0 Å². The maximum atomic E-state index is 5.91. The number of hydrogen-bond acceptors (Lipinski definition) is 2. The van der Waals surface area contributed by atoms with Gasteiger partial charge in [0.1, 0.15) is 0 Å². The van der Waals surface area contributed by atoms with Gasteiger partial charge in [-0.25, -0.2) is 0 Å². The Kier molecular flexibility index (Phi) is 4.51. The molecule has 0 N–H and O–H groups in total. The Morgan fingerprint density at radius 3 is 1.69 bits per heavy atom. The fourth-order valence-corrected chi connectivity index (χ4v) is 1.80. The number of benzene rings is 1. The summed E-state index contributed by atoms with van der Waals surface area (Å²) >= 11 is 0. The third-order valence-corrected chi connectivity index (χ3v) is 2.22. The zero-order valence-electron chi connectivity index (χ0n) is 10.9. The van der Waals surface area contributed by atoms with Crippen LogP contribution >= 0.6 is 0 Å². The van der Waals surface area contributed by atoms with Crippen molar-refractivity contribution in [2.24, 2.45) is 0 Å². The number of ether oxygens (including phenoxy) is 2. The highest BCUT2D eigenvalue weighted by Crippen LogP contribution is 2.29. The highest BCUT2D eigenvalue weighted by Gasteiger charge is 2.30. The summed E-state index contributed by atoms with van der Waals surface area (Å²) in [7, 11) is 0. The van der Waals surface area contributed by atoms with Crippen molar-refractivity contribution in [3.63, 3.8) is 0 Å². The molecule has 90 valence electrons. The Morgan fingerprint density at radius 1 is 0.875 bits per heavy atom. The van der Waals surface area contributed by atoms with Gasteiger partial charge in [-0.2, -0.15) is 0 Å². The summed E-state index contributed by atoms with van der Waals surface area (Å²) in [4.78, 5) is 0. The van der Waals surface area contributed by atoms with E-state index in [4.69, 9.17) is 9.47 Å². The van der Waals surface area contributed by atoms with Gasteiger partial charge in [0, 0.05) is 5.56 Å². The molecule has 0 atom stereocenters. The highest BCUT2D eigenvalue weighted by molar-refractivity contribution is 5.19. The largest absolute Gasteiger partial charge is 0.343 e. The first-order valence-corrected chi connectivity index (χ1v) is 5.85. The van der Waals surface area contributed by atoms with Gasteiger partial charge in [-0.3, -0.25) is 0 Å². The summed E-state index contributed by atoms with van der Waals surface area (Å²) < 4.78 is 11.8. The lowest BCUT2D eigenvalue weighted by molar-refractivity contribution is -0.267. The quantitative estimate of drug-likeness (QED) is 0.707. The fraction of sp³-hybridized carbons (Fsp3) is 0.571. The normalized spacial score (nSPS) is 12.4. The summed E-state index contributed by atoms with van der Waals surface area (Å²) in [5.74, 6) is -0.663. The van der Waals surface area contributed by atoms with Gasteiger partial charge in [-0.05, 0) is 34.6 Å². The first kappa shape index (κ1) is 13.2. The van der Waals surface area contributed by atoms with Gasteiger partial charge in [-0.15, -0.1) is 0 Å². The second-order valence-electron chi connectivity index (χ2n) is 4.64. The third-order valence-electron chi connectivity index (χ3n) is 2.22. The molecule has 16 heavy (non-hydrogen) atoms. The summed E-state index contributed by atoms with van der Waals surface area (Å²) in [6, 6.07) is 10.1. The summed E-state index contributed by atoms with van der Waals surface area (Å²) in [6.07, 6.45) is 0.257. The molecule has 0 radical (unpaired) electrons. The van der Waals surface area contributed by atoms with E-state index in [1.165, 1.54) is 0 Å². The number of hydrogen-bond donors (Lipinski definition) is 0. The van der Waals surface area contributed by atoms with Gasteiger partial charge >= 0.3 is 0 Å². The van der Waals surface area contributed by atoms with Crippen molar-refractivity contribution in [1.29, 1.82) is 0 Å². The van der Waals surface area contributed by atoms with Gasteiger partial charge in [0.25, 0.3) is 0 Å². The molecule has 0 unspecified atom stereocenters. The molecular weight excluding hydrogens is 200 g/mol. The maximum absolute atomic E-state index is 5.91. The SMILES string of the molecule is CC(C)OC(C)(OC(C)C)c1ccccc1. The average Bonchev–Trinajstić information content (AvgIpc) is 2.16. The molecule has 0 fully saturated rings. The first-order chi connectivity index (χ1) is 7.44. The zero-order chi connectivity index (χ0) is 12.2. The lowest BCUT2D eigenvalue weighted by Gasteiger charge is -2.34. The average molecular weight is 222 g/mol. The van der Waals surface area contributed by atoms with Crippen LogP contribution < -0.4 is 0 Å². The Labute approximate surface area is 98.6 Å². The lowest BCUT2D eigenvalue weighted by atomic mass is 10.1. The Balaban J connectivity index is 2.95. The number of rotatable bonds is 5. The van der Waals surface area contributed by atoms with Gasteiger partial charge < -0.3 is 9.47 Å². The molecule has 0 saturated carbocycles. The van der Waals surface area contributed by atoms with Gasteiger partial charge in [-0.1, -0.05) is 30.3 Å². The van der Waals surface area contributed by atoms with Crippen molar-refractivity contribution < 1.29 is 9.47 Å². The second-order valence-corrected chi connectivity index (χ2v) is 4.64. The van der Waals surface area contributed by atoms with E-state index in [-0.39, 0.29) is 12.2 Å². The molecule has 0 saturated heterocycles. The van der Waals surface area contributed by atoms with Gasteiger partial charge in [0.15, 0.2) is 5.79 Å². The molecular formula is C14H22O2. The van der Waals surface area contributed by atoms with Crippen LogP contribution in [0, 0.1) is 0 Å². The molecule has 0 spiro atoms. The standard InChI is InChI=1S/C14H22O2/c1-11(2)15-14(5,16-12(3)4)13-9-7-6-8-10-13/h6-12H,1-5H3. The molecule has 2 heteroatoms. The van der Waals surface area contributed by atoms with Crippen LogP contribution in [0.2, 0.25) is 0 Å². The molecule has 0 amide bonds. The van der Waals surface area contributed by atoms with Crippen LogP contribution in [-0.4, -0.2) is 12.2 Å². The molecule has 1 aromatic rings. The van der Waals surface area contributed by atoms with Crippen molar-refractivity contribution in [3.8, 4) is 0 Å². The van der Waals surface area contributed by atoms with Crippen LogP contribution in [0.3, 0.4) is 0 Å². The zero-order valence-corrected chi connectivity index (χ0v) is 10.9. The van der Waals surface area contributed by atoms with E-state index in [1.54, 1.807) is 0 Å². The first-order valence-electron chi connectivity index (χ1n) is 5.85. The van der Waals surface area contributed by atoms with Gasteiger partial charge in [0.05, 0.1) is 12.2 Å². The van der Waals surface area contributed by atoms with Crippen LogP contribution in [0.4, 0.5) is 0 Å². The van der Waals surface area contributed by atoms with E-state index >= 15 is 0 Å². The van der Waals surface area contributed by atoms with Crippen LogP contribution in [-0.2, 0) is 15.3 Å². The van der Waals surface area contributed by atoms with E-state index in [0.717, 1.165) is 5.56 Å². The van der Waals surface area contributed by atoms with E-state index in [2.05, 4.69) is 0 Å².